The van der Waals surface area contributed by atoms with Crippen LogP contribution in [0.3, 0.4) is 0 Å². The van der Waals surface area contributed by atoms with Crippen LogP contribution in [0.25, 0.3) is 0 Å². The first kappa shape index (κ1) is 19.1. The van der Waals surface area contributed by atoms with Gasteiger partial charge in [0.15, 0.2) is 0 Å². The molecular weight excluding hydrogens is 299 g/mol. The summed E-state index contributed by atoms with van der Waals surface area (Å²) in [6.07, 6.45) is 0.766. The Bertz CT molecular complexity index is 534. The van der Waals surface area contributed by atoms with E-state index in [1.54, 1.807) is 17.9 Å². The van der Waals surface area contributed by atoms with Crippen LogP contribution in [-0.2, 0) is 9.53 Å². The quantitative estimate of drug-likeness (QED) is 0.687. The lowest BCUT2D eigenvalue weighted by Crippen LogP contribution is -2.38. The van der Waals surface area contributed by atoms with Crippen molar-refractivity contribution in [1.29, 1.82) is 0 Å². The van der Waals surface area contributed by atoms with Crippen LogP contribution >= 0.6 is 0 Å². The second-order valence-electron chi connectivity index (χ2n) is 5.84. The molecule has 0 bridgehead atoms. The third-order valence-corrected chi connectivity index (χ3v) is 3.49. The molecule has 5 nitrogen and oxygen atoms in total. The number of rotatable bonds is 8. The lowest BCUT2D eigenvalue weighted by molar-refractivity contribution is -0.145. The standard InChI is InChI=1S/C17H25FN2O3/c1-13(17(22)23-4)12-20(10-6-9-19(2)3)16(21)14-7-5-8-15(18)11-14/h5,7-8,11,13H,6,9-10,12H2,1-4H3. The van der Waals surface area contributed by atoms with E-state index in [0.29, 0.717) is 6.54 Å². The van der Waals surface area contributed by atoms with Gasteiger partial charge in [0.25, 0.3) is 5.91 Å². The van der Waals surface area contributed by atoms with Crippen molar-refractivity contribution in [2.24, 2.45) is 5.92 Å². The Labute approximate surface area is 137 Å². The molecule has 0 N–H and O–H groups in total. The summed E-state index contributed by atoms with van der Waals surface area (Å²) in [6.45, 7) is 3.27. The monoisotopic (exact) mass is 324 g/mol. The van der Waals surface area contributed by atoms with Crippen LogP contribution in [0.15, 0.2) is 24.3 Å². The zero-order chi connectivity index (χ0) is 17.4. The molecule has 1 rings (SSSR count). The summed E-state index contributed by atoms with van der Waals surface area (Å²) in [5, 5.41) is 0. The van der Waals surface area contributed by atoms with E-state index in [4.69, 9.17) is 4.74 Å². The summed E-state index contributed by atoms with van der Waals surface area (Å²) in [4.78, 5) is 27.8. The van der Waals surface area contributed by atoms with E-state index in [2.05, 4.69) is 0 Å². The average Bonchev–Trinajstić information content (AvgIpc) is 2.51. The molecule has 0 aliphatic carbocycles. The number of nitrogens with zero attached hydrogens (tertiary/aromatic N) is 2. The number of amides is 1. The highest BCUT2D eigenvalue weighted by Crippen LogP contribution is 2.11. The summed E-state index contributed by atoms with van der Waals surface area (Å²) >= 11 is 0. The molecular formula is C17H25FN2O3. The lowest BCUT2D eigenvalue weighted by atomic mass is 10.1. The fraction of sp³-hybridized carbons (Fsp3) is 0.529. The van der Waals surface area contributed by atoms with Gasteiger partial charge in [-0.1, -0.05) is 13.0 Å². The molecule has 6 heteroatoms. The molecule has 1 amide bonds. The van der Waals surface area contributed by atoms with Gasteiger partial charge < -0.3 is 14.5 Å². The first-order chi connectivity index (χ1) is 10.8. The van der Waals surface area contributed by atoms with E-state index < -0.39 is 11.7 Å². The maximum Gasteiger partial charge on any atom is 0.310 e. The van der Waals surface area contributed by atoms with Crippen molar-refractivity contribution in [1.82, 2.24) is 9.80 Å². The highest BCUT2D eigenvalue weighted by molar-refractivity contribution is 5.94. The number of hydrogen-bond donors (Lipinski definition) is 0. The number of methoxy groups -OCH3 is 1. The van der Waals surface area contributed by atoms with E-state index in [1.165, 1.54) is 25.3 Å². The normalized spacial score (nSPS) is 12.1. The molecule has 0 radical (unpaired) electrons. The van der Waals surface area contributed by atoms with Gasteiger partial charge in [-0.2, -0.15) is 0 Å². The summed E-state index contributed by atoms with van der Waals surface area (Å²) < 4.78 is 18.1. The van der Waals surface area contributed by atoms with Crippen LogP contribution in [0.5, 0.6) is 0 Å². The van der Waals surface area contributed by atoms with Crippen molar-refractivity contribution in [3.05, 3.63) is 35.6 Å². The first-order valence-electron chi connectivity index (χ1n) is 7.62. The first-order valence-corrected chi connectivity index (χ1v) is 7.62. The molecule has 0 aromatic heterocycles. The topological polar surface area (TPSA) is 49.9 Å². The van der Waals surface area contributed by atoms with Crippen LogP contribution < -0.4 is 0 Å². The molecule has 0 aliphatic heterocycles. The Hall–Kier alpha value is -1.95. The molecule has 1 aromatic carbocycles. The molecule has 0 saturated carbocycles. The molecule has 0 heterocycles. The molecule has 1 atom stereocenters. The van der Waals surface area contributed by atoms with Crippen molar-refractivity contribution in [3.8, 4) is 0 Å². The molecule has 0 spiro atoms. The summed E-state index contributed by atoms with van der Waals surface area (Å²) in [7, 11) is 5.23. The van der Waals surface area contributed by atoms with Crippen LogP contribution in [0, 0.1) is 11.7 Å². The second-order valence-corrected chi connectivity index (χ2v) is 5.84. The minimum atomic E-state index is -0.454. The second kappa shape index (κ2) is 9.25. The van der Waals surface area contributed by atoms with Crippen molar-refractivity contribution < 1.29 is 18.7 Å². The van der Waals surface area contributed by atoms with Crippen LogP contribution in [0.4, 0.5) is 4.39 Å². The number of halogens is 1. The highest BCUT2D eigenvalue weighted by Gasteiger charge is 2.22. The predicted octanol–water partition coefficient (Wildman–Crippen LogP) is 2.03. The third kappa shape index (κ3) is 6.36. The summed E-state index contributed by atoms with van der Waals surface area (Å²) in [6, 6.07) is 5.59. The number of esters is 1. The average molecular weight is 324 g/mol. The van der Waals surface area contributed by atoms with Crippen LogP contribution in [-0.4, -0.2) is 62.5 Å². The SMILES string of the molecule is COC(=O)C(C)CN(CCCN(C)C)C(=O)c1cccc(F)c1. The van der Waals surface area contributed by atoms with Gasteiger partial charge in [0.1, 0.15) is 5.82 Å². The minimum Gasteiger partial charge on any atom is -0.469 e. The molecule has 0 fully saturated rings. The van der Waals surface area contributed by atoms with Crippen LogP contribution in [0.1, 0.15) is 23.7 Å². The maximum absolute atomic E-state index is 13.3. The fourth-order valence-corrected chi connectivity index (χ4v) is 2.26. The predicted molar refractivity (Wildman–Crippen MR) is 86.7 cm³/mol. The molecule has 1 unspecified atom stereocenters. The van der Waals surface area contributed by atoms with E-state index >= 15 is 0 Å². The minimum absolute atomic E-state index is 0.245. The third-order valence-electron chi connectivity index (χ3n) is 3.49. The van der Waals surface area contributed by atoms with Gasteiger partial charge in [-0.15, -0.1) is 0 Å². The van der Waals surface area contributed by atoms with Crippen LogP contribution in [0.2, 0.25) is 0 Å². The summed E-state index contributed by atoms with van der Waals surface area (Å²) in [5.41, 5.74) is 0.284. The maximum atomic E-state index is 13.3. The van der Waals surface area contributed by atoms with Gasteiger partial charge >= 0.3 is 5.97 Å². The molecule has 1 aromatic rings. The van der Waals surface area contributed by atoms with Crippen molar-refractivity contribution in [2.45, 2.75) is 13.3 Å². The molecule has 0 saturated heterocycles. The van der Waals surface area contributed by atoms with Gasteiger partial charge in [0.05, 0.1) is 13.0 Å². The molecule has 128 valence electrons. The lowest BCUT2D eigenvalue weighted by Gasteiger charge is -2.26. The Kier molecular flexibility index (Phi) is 7.68. The van der Waals surface area contributed by atoms with Gasteiger partial charge in [-0.05, 0) is 45.3 Å². The Morgan fingerprint density at radius 3 is 2.52 bits per heavy atom. The van der Waals surface area contributed by atoms with E-state index in [-0.39, 0.29) is 24.0 Å². The number of carbonyl (C=O) groups excluding carboxylic acids is 2. The largest absolute Gasteiger partial charge is 0.469 e. The van der Waals surface area contributed by atoms with Crippen molar-refractivity contribution in [3.63, 3.8) is 0 Å². The zero-order valence-electron chi connectivity index (χ0n) is 14.2. The van der Waals surface area contributed by atoms with Gasteiger partial charge in [0, 0.05) is 18.7 Å². The number of benzene rings is 1. The number of ether oxygens (including phenoxy) is 1. The number of hydrogen-bond acceptors (Lipinski definition) is 4. The van der Waals surface area contributed by atoms with Crippen molar-refractivity contribution in [2.75, 3.05) is 40.8 Å². The van der Waals surface area contributed by atoms with Gasteiger partial charge in [-0.3, -0.25) is 9.59 Å². The number of carbonyl (C=O) groups is 2. The van der Waals surface area contributed by atoms with E-state index in [1.807, 2.05) is 19.0 Å². The highest BCUT2D eigenvalue weighted by atomic mass is 19.1. The van der Waals surface area contributed by atoms with E-state index in [9.17, 15) is 14.0 Å². The van der Waals surface area contributed by atoms with E-state index in [0.717, 1.165) is 13.0 Å². The molecule has 0 aliphatic rings. The smallest absolute Gasteiger partial charge is 0.310 e. The summed E-state index contributed by atoms with van der Waals surface area (Å²) in [5.74, 6) is -1.53. The fourth-order valence-electron chi connectivity index (χ4n) is 2.26. The van der Waals surface area contributed by atoms with Gasteiger partial charge in [0.2, 0.25) is 0 Å². The van der Waals surface area contributed by atoms with Gasteiger partial charge in [-0.25, -0.2) is 4.39 Å². The van der Waals surface area contributed by atoms with Crippen molar-refractivity contribution >= 4 is 11.9 Å². The Balaban J connectivity index is 2.84. The zero-order valence-corrected chi connectivity index (χ0v) is 14.2. The Morgan fingerprint density at radius 1 is 1.26 bits per heavy atom. The Morgan fingerprint density at radius 2 is 1.96 bits per heavy atom. The molecule has 23 heavy (non-hydrogen) atoms.